The Balaban J connectivity index is 2.09. The smallest absolute Gasteiger partial charge is 0.111 e. The first kappa shape index (κ1) is 11.3. The van der Waals surface area contributed by atoms with Crippen molar-refractivity contribution in [3.63, 3.8) is 0 Å². The average Bonchev–Trinajstić information content (AvgIpc) is 2.33. The molecule has 0 aliphatic carbocycles. The summed E-state index contributed by atoms with van der Waals surface area (Å²) < 4.78 is 0. The molecule has 0 saturated carbocycles. The van der Waals surface area contributed by atoms with Crippen molar-refractivity contribution in [2.45, 2.75) is 12.6 Å². The zero-order valence-corrected chi connectivity index (χ0v) is 9.61. The lowest BCUT2D eigenvalue weighted by Crippen LogP contribution is -2.50. The van der Waals surface area contributed by atoms with Crippen LogP contribution in [0.5, 0.6) is 0 Å². The number of nitrogens with one attached hydrogen (secondary N) is 1. The molecular formula is C11H13ClN4. The summed E-state index contributed by atoms with van der Waals surface area (Å²) in [6.45, 7) is 3.22. The number of nitriles is 1. The number of pyridine rings is 1. The second-order valence-electron chi connectivity index (χ2n) is 3.79. The number of hydrogen-bond donors (Lipinski definition) is 1. The molecule has 1 aliphatic rings. The molecule has 1 N–H and O–H groups in total. The molecule has 1 aliphatic heterocycles. The van der Waals surface area contributed by atoms with E-state index in [1.807, 2.05) is 6.07 Å². The Morgan fingerprint density at radius 3 is 3.31 bits per heavy atom. The summed E-state index contributed by atoms with van der Waals surface area (Å²) in [4.78, 5) is 6.09. The highest BCUT2D eigenvalue weighted by atomic mass is 35.5. The summed E-state index contributed by atoms with van der Waals surface area (Å²) in [5.41, 5.74) is 1.03. The number of halogens is 1. The summed E-state index contributed by atoms with van der Waals surface area (Å²) in [5, 5.41) is 12.9. The van der Waals surface area contributed by atoms with Crippen molar-refractivity contribution in [2.75, 3.05) is 19.6 Å². The molecule has 0 radical (unpaired) electrons. The van der Waals surface area contributed by atoms with Gasteiger partial charge in [0.2, 0.25) is 0 Å². The van der Waals surface area contributed by atoms with Crippen LogP contribution in [0, 0.1) is 11.3 Å². The van der Waals surface area contributed by atoms with E-state index in [0.717, 1.165) is 25.2 Å². The highest BCUT2D eigenvalue weighted by molar-refractivity contribution is 6.31. The second-order valence-corrected chi connectivity index (χ2v) is 4.19. The molecule has 0 spiro atoms. The van der Waals surface area contributed by atoms with Crippen LogP contribution < -0.4 is 5.32 Å². The van der Waals surface area contributed by atoms with Crippen molar-refractivity contribution in [2.24, 2.45) is 0 Å². The van der Waals surface area contributed by atoms with Crippen molar-refractivity contribution < 1.29 is 0 Å². The largest absolute Gasteiger partial charge is 0.313 e. The zero-order chi connectivity index (χ0) is 11.4. The van der Waals surface area contributed by atoms with Gasteiger partial charge in [0, 0.05) is 38.6 Å². The van der Waals surface area contributed by atoms with Gasteiger partial charge in [0.05, 0.1) is 11.1 Å². The zero-order valence-electron chi connectivity index (χ0n) is 8.86. The Kier molecular flexibility index (Phi) is 3.73. The molecule has 1 aromatic heterocycles. The summed E-state index contributed by atoms with van der Waals surface area (Å²) in [5.74, 6) is 0. The van der Waals surface area contributed by atoms with E-state index >= 15 is 0 Å². The molecule has 1 aromatic rings. The van der Waals surface area contributed by atoms with Crippen LogP contribution in [0.3, 0.4) is 0 Å². The molecule has 1 saturated heterocycles. The lowest BCUT2D eigenvalue weighted by atomic mass is 10.1. The third kappa shape index (κ3) is 2.50. The normalized spacial score (nSPS) is 21.6. The first-order valence-electron chi connectivity index (χ1n) is 5.24. The van der Waals surface area contributed by atoms with Crippen molar-refractivity contribution in [1.29, 1.82) is 5.26 Å². The summed E-state index contributed by atoms with van der Waals surface area (Å²) >= 11 is 6.05. The third-order valence-corrected chi connectivity index (χ3v) is 3.07. The maximum Gasteiger partial charge on any atom is 0.111 e. The maximum absolute atomic E-state index is 9.03. The molecule has 0 aromatic carbocycles. The molecular weight excluding hydrogens is 224 g/mol. The number of hydrogen-bond acceptors (Lipinski definition) is 4. The molecule has 0 amide bonds. The van der Waals surface area contributed by atoms with E-state index in [9.17, 15) is 0 Å². The van der Waals surface area contributed by atoms with Gasteiger partial charge in [0.25, 0.3) is 0 Å². The van der Waals surface area contributed by atoms with Gasteiger partial charge in [-0.1, -0.05) is 11.6 Å². The molecule has 16 heavy (non-hydrogen) atoms. The highest BCUT2D eigenvalue weighted by Crippen LogP contribution is 2.17. The lowest BCUT2D eigenvalue weighted by Gasteiger charge is -2.31. The van der Waals surface area contributed by atoms with Crippen LogP contribution in [0.4, 0.5) is 0 Å². The van der Waals surface area contributed by atoms with Crippen LogP contribution in [-0.2, 0) is 6.54 Å². The summed E-state index contributed by atoms with van der Waals surface area (Å²) in [6.07, 6.45) is 3.37. The molecule has 84 valence electrons. The maximum atomic E-state index is 9.03. The van der Waals surface area contributed by atoms with Crippen LogP contribution >= 0.6 is 11.6 Å². The predicted molar refractivity (Wildman–Crippen MR) is 61.9 cm³/mol. The molecule has 4 nitrogen and oxygen atoms in total. The van der Waals surface area contributed by atoms with Gasteiger partial charge in [-0.2, -0.15) is 5.26 Å². The topological polar surface area (TPSA) is 52.0 Å². The van der Waals surface area contributed by atoms with E-state index in [-0.39, 0.29) is 6.04 Å². The first-order valence-corrected chi connectivity index (χ1v) is 5.62. The van der Waals surface area contributed by atoms with Gasteiger partial charge in [-0.25, -0.2) is 0 Å². The van der Waals surface area contributed by atoms with Gasteiger partial charge in [0.15, 0.2) is 0 Å². The average molecular weight is 237 g/mol. The Morgan fingerprint density at radius 2 is 2.56 bits per heavy atom. The second kappa shape index (κ2) is 5.26. The molecule has 2 heterocycles. The number of piperazine rings is 1. The Bertz CT molecular complexity index is 401. The van der Waals surface area contributed by atoms with Crippen molar-refractivity contribution in [1.82, 2.24) is 15.2 Å². The van der Waals surface area contributed by atoms with Gasteiger partial charge in [-0.15, -0.1) is 0 Å². The van der Waals surface area contributed by atoms with E-state index in [4.69, 9.17) is 16.9 Å². The summed E-state index contributed by atoms with van der Waals surface area (Å²) in [6, 6.07) is 4.13. The highest BCUT2D eigenvalue weighted by Gasteiger charge is 2.22. The Hall–Kier alpha value is -1.15. The van der Waals surface area contributed by atoms with Crippen LogP contribution in [-0.4, -0.2) is 35.6 Å². The van der Waals surface area contributed by atoms with Crippen LogP contribution in [0.1, 0.15) is 5.56 Å². The van der Waals surface area contributed by atoms with Gasteiger partial charge in [-0.05, 0) is 11.6 Å². The fourth-order valence-electron chi connectivity index (χ4n) is 1.81. The van der Waals surface area contributed by atoms with Crippen molar-refractivity contribution in [3.05, 3.63) is 29.0 Å². The third-order valence-electron chi connectivity index (χ3n) is 2.73. The van der Waals surface area contributed by atoms with Gasteiger partial charge in [0.1, 0.15) is 6.04 Å². The van der Waals surface area contributed by atoms with E-state index < -0.39 is 0 Å². The van der Waals surface area contributed by atoms with Gasteiger partial charge >= 0.3 is 0 Å². The van der Waals surface area contributed by atoms with Crippen LogP contribution in [0.25, 0.3) is 0 Å². The van der Waals surface area contributed by atoms with E-state index in [1.165, 1.54) is 0 Å². The minimum Gasteiger partial charge on any atom is -0.313 e. The molecule has 1 unspecified atom stereocenters. The fraction of sp³-hybridized carbons (Fsp3) is 0.455. The van der Waals surface area contributed by atoms with E-state index in [2.05, 4.69) is 21.3 Å². The van der Waals surface area contributed by atoms with Crippen molar-refractivity contribution >= 4 is 11.6 Å². The number of aromatic nitrogens is 1. The monoisotopic (exact) mass is 236 g/mol. The van der Waals surface area contributed by atoms with E-state index in [0.29, 0.717) is 11.6 Å². The molecule has 1 fully saturated rings. The van der Waals surface area contributed by atoms with Crippen LogP contribution in [0.2, 0.25) is 5.02 Å². The summed E-state index contributed by atoms with van der Waals surface area (Å²) in [7, 11) is 0. The van der Waals surface area contributed by atoms with Gasteiger partial charge < -0.3 is 5.32 Å². The Labute approximate surface area is 99.8 Å². The fourth-order valence-corrected chi connectivity index (χ4v) is 1.99. The molecule has 0 bridgehead atoms. The van der Waals surface area contributed by atoms with E-state index in [1.54, 1.807) is 12.4 Å². The number of nitrogens with zero attached hydrogens (tertiary/aromatic N) is 3. The minimum atomic E-state index is -0.0713. The first-order chi connectivity index (χ1) is 7.81. The lowest BCUT2D eigenvalue weighted by molar-refractivity contribution is 0.189. The van der Waals surface area contributed by atoms with Crippen LogP contribution in [0.15, 0.2) is 18.5 Å². The molecule has 2 rings (SSSR count). The molecule has 1 atom stereocenters. The SMILES string of the molecule is N#CC1CNCCN1Cc1ccncc1Cl. The minimum absolute atomic E-state index is 0.0713. The predicted octanol–water partition coefficient (Wildman–Crippen LogP) is 1.03. The molecule has 5 heteroatoms. The number of rotatable bonds is 2. The quantitative estimate of drug-likeness (QED) is 0.834. The standard InChI is InChI=1S/C11H13ClN4/c12-11-7-14-2-1-9(11)8-16-4-3-15-6-10(16)5-13/h1-2,7,10,15H,3-4,6,8H2. The van der Waals surface area contributed by atoms with Gasteiger partial charge in [-0.3, -0.25) is 9.88 Å². The Morgan fingerprint density at radius 1 is 1.69 bits per heavy atom. The van der Waals surface area contributed by atoms with Crippen molar-refractivity contribution in [3.8, 4) is 6.07 Å².